The smallest absolute Gasteiger partial charge is 0.331 e. The van der Waals surface area contributed by atoms with Crippen LogP contribution in [-0.2, 0) is 4.79 Å². The summed E-state index contributed by atoms with van der Waals surface area (Å²) in [6.45, 7) is 1.95. The number of hydrogen-bond donors (Lipinski definition) is 2. The number of hydrogen-bond acceptors (Lipinski definition) is 3. The van der Waals surface area contributed by atoms with Crippen LogP contribution in [0.3, 0.4) is 0 Å². The van der Waals surface area contributed by atoms with E-state index in [1.807, 2.05) is 48.7 Å². The predicted octanol–water partition coefficient (Wildman–Crippen LogP) is 3.29. The zero-order valence-electron chi connectivity index (χ0n) is 9.38. The molecule has 0 spiro atoms. The summed E-state index contributed by atoms with van der Waals surface area (Å²) in [5.41, 5.74) is 1.89. The van der Waals surface area contributed by atoms with Gasteiger partial charge in [0.15, 0.2) is 6.04 Å². The number of aliphatic carboxylic acids is 1. The minimum Gasteiger partial charge on any atom is -0.479 e. The molecule has 0 unspecified atom stereocenters. The van der Waals surface area contributed by atoms with Crippen molar-refractivity contribution in [2.45, 2.75) is 13.0 Å². The summed E-state index contributed by atoms with van der Waals surface area (Å²) in [5.74, 6) is -0.865. The first-order valence-corrected chi connectivity index (χ1v) is 6.15. The van der Waals surface area contributed by atoms with Crippen molar-refractivity contribution < 1.29 is 9.90 Å². The number of benzene rings is 1. The molecule has 0 saturated heterocycles. The molecule has 2 aromatic rings. The van der Waals surface area contributed by atoms with Crippen molar-refractivity contribution in [3.63, 3.8) is 0 Å². The summed E-state index contributed by atoms with van der Waals surface area (Å²) >= 11 is 1.44. The van der Waals surface area contributed by atoms with Crippen LogP contribution in [0.25, 0.3) is 0 Å². The Hall–Kier alpha value is -1.81. The van der Waals surface area contributed by atoms with E-state index in [9.17, 15) is 9.90 Å². The second-order valence-electron chi connectivity index (χ2n) is 3.75. The van der Waals surface area contributed by atoms with E-state index >= 15 is 0 Å². The Balaban J connectivity index is 2.26. The van der Waals surface area contributed by atoms with Crippen LogP contribution in [0.4, 0.5) is 5.69 Å². The van der Waals surface area contributed by atoms with Gasteiger partial charge in [-0.05, 0) is 30.0 Å². The summed E-state index contributed by atoms with van der Waals surface area (Å²) in [6, 6.07) is 10.7. The Labute approximate surface area is 104 Å². The molecular weight excluding hydrogens is 234 g/mol. The van der Waals surface area contributed by atoms with Crippen LogP contribution in [0.2, 0.25) is 0 Å². The number of aryl methyl sites for hydroxylation is 1. The summed E-state index contributed by atoms with van der Waals surface area (Å²) in [5, 5.41) is 14.2. The van der Waals surface area contributed by atoms with Crippen molar-refractivity contribution in [1.29, 1.82) is 0 Å². The lowest BCUT2D eigenvalue weighted by molar-refractivity contribution is -0.138. The first kappa shape index (κ1) is 11.7. The first-order valence-electron chi connectivity index (χ1n) is 5.27. The van der Waals surface area contributed by atoms with E-state index in [-0.39, 0.29) is 0 Å². The van der Waals surface area contributed by atoms with Crippen molar-refractivity contribution >= 4 is 23.0 Å². The Morgan fingerprint density at radius 3 is 2.65 bits per heavy atom. The summed E-state index contributed by atoms with van der Waals surface area (Å²) < 4.78 is 0. The van der Waals surface area contributed by atoms with Gasteiger partial charge in [0.1, 0.15) is 0 Å². The number of rotatable bonds is 4. The molecule has 0 aliphatic carbocycles. The lowest BCUT2D eigenvalue weighted by Gasteiger charge is -2.15. The second kappa shape index (κ2) is 5.01. The zero-order chi connectivity index (χ0) is 12.3. The number of para-hydroxylation sites is 1. The SMILES string of the molecule is Cc1ccccc1N[C@@H](C(=O)O)c1cccs1. The van der Waals surface area contributed by atoms with Crippen molar-refractivity contribution in [1.82, 2.24) is 0 Å². The average Bonchev–Trinajstić information content (AvgIpc) is 2.81. The van der Waals surface area contributed by atoms with Crippen molar-refractivity contribution in [2.24, 2.45) is 0 Å². The Morgan fingerprint density at radius 2 is 2.06 bits per heavy atom. The number of carboxylic acid groups (broad SMARTS) is 1. The maximum Gasteiger partial charge on any atom is 0.331 e. The summed E-state index contributed by atoms with van der Waals surface area (Å²) in [6.07, 6.45) is 0. The molecule has 0 aliphatic heterocycles. The third-order valence-corrected chi connectivity index (χ3v) is 3.46. The first-order chi connectivity index (χ1) is 8.18. The van der Waals surface area contributed by atoms with E-state index in [2.05, 4.69) is 5.32 Å². The number of nitrogens with one attached hydrogen (secondary N) is 1. The van der Waals surface area contributed by atoms with Gasteiger partial charge < -0.3 is 10.4 Å². The molecule has 0 radical (unpaired) electrons. The van der Waals surface area contributed by atoms with Gasteiger partial charge in [0, 0.05) is 10.6 Å². The molecule has 0 aliphatic rings. The third kappa shape index (κ3) is 2.65. The van der Waals surface area contributed by atoms with Gasteiger partial charge in [0.25, 0.3) is 0 Å². The fourth-order valence-corrected chi connectivity index (χ4v) is 2.37. The van der Waals surface area contributed by atoms with E-state index < -0.39 is 12.0 Å². The fourth-order valence-electron chi connectivity index (χ4n) is 1.60. The lowest BCUT2D eigenvalue weighted by atomic mass is 10.1. The summed E-state index contributed by atoms with van der Waals surface area (Å²) in [4.78, 5) is 12.1. The van der Waals surface area contributed by atoms with Gasteiger partial charge in [-0.15, -0.1) is 11.3 Å². The molecule has 3 nitrogen and oxygen atoms in total. The average molecular weight is 247 g/mol. The van der Waals surface area contributed by atoms with Crippen LogP contribution in [0.5, 0.6) is 0 Å². The predicted molar refractivity (Wildman–Crippen MR) is 69.5 cm³/mol. The van der Waals surface area contributed by atoms with Crippen LogP contribution in [0.15, 0.2) is 41.8 Å². The minimum absolute atomic E-state index is 0.684. The number of carbonyl (C=O) groups is 1. The third-order valence-electron chi connectivity index (χ3n) is 2.52. The molecule has 1 aromatic carbocycles. The summed E-state index contributed by atoms with van der Waals surface area (Å²) in [7, 11) is 0. The molecule has 17 heavy (non-hydrogen) atoms. The van der Waals surface area contributed by atoms with Crippen LogP contribution in [0.1, 0.15) is 16.5 Å². The Bertz CT molecular complexity index is 508. The van der Waals surface area contributed by atoms with E-state index in [0.29, 0.717) is 0 Å². The van der Waals surface area contributed by atoms with Gasteiger partial charge in [-0.3, -0.25) is 0 Å². The van der Waals surface area contributed by atoms with Crippen LogP contribution in [-0.4, -0.2) is 11.1 Å². The highest BCUT2D eigenvalue weighted by Crippen LogP contribution is 2.25. The molecular formula is C13H13NO2S. The normalized spacial score (nSPS) is 12.1. The monoisotopic (exact) mass is 247 g/mol. The van der Waals surface area contributed by atoms with E-state index in [1.165, 1.54) is 11.3 Å². The molecule has 0 bridgehead atoms. The highest BCUT2D eigenvalue weighted by atomic mass is 32.1. The molecule has 1 heterocycles. The van der Waals surface area contributed by atoms with E-state index in [0.717, 1.165) is 16.1 Å². The minimum atomic E-state index is -0.865. The second-order valence-corrected chi connectivity index (χ2v) is 4.73. The molecule has 0 fully saturated rings. The van der Waals surface area contributed by atoms with Gasteiger partial charge >= 0.3 is 5.97 Å². The van der Waals surface area contributed by atoms with Crippen molar-refractivity contribution in [3.8, 4) is 0 Å². The van der Waals surface area contributed by atoms with Crippen molar-refractivity contribution in [2.75, 3.05) is 5.32 Å². The Morgan fingerprint density at radius 1 is 1.29 bits per heavy atom. The molecule has 1 aromatic heterocycles. The highest BCUT2D eigenvalue weighted by Gasteiger charge is 2.20. The van der Waals surface area contributed by atoms with Gasteiger partial charge in [-0.1, -0.05) is 24.3 Å². The highest BCUT2D eigenvalue weighted by molar-refractivity contribution is 7.10. The topological polar surface area (TPSA) is 49.3 Å². The fraction of sp³-hybridized carbons (Fsp3) is 0.154. The Kier molecular flexibility index (Phi) is 3.44. The van der Waals surface area contributed by atoms with Gasteiger partial charge in [-0.25, -0.2) is 4.79 Å². The molecule has 2 rings (SSSR count). The molecule has 0 saturated carbocycles. The van der Waals surface area contributed by atoms with Gasteiger partial charge in [0.2, 0.25) is 0 Å². The maximum atomic E-state index is 11.3. The number of carboxylic acids is 1. The van der Waals surface area contributed by atoms with Crippen LogP contribution >= 0.6 is 11.3 Å². The number of anilines is 1. The van der Waals surface area contributed by atoms with Crippen LogP contribution in [0, 0.1) is 6.92 Å². The molecule has 88 valence electrons. The zero-order valence-corrected chi connectivity index (χ0v) is 10.2. The number of thiophene rings is 1. The van der Waals surface area contributed by atoms with E-state index in [1.54, 1.807) is 0 Å². The lowest BCUT2D eigenvalue weighted by Crippen LogP contribution is -2.19. The standard InChI is InChI=1S/C13H13NO2S/c1-9-5-2-3-6-10(9)14-12(13(15)16)11-7-4-8-17-11/h2-8,12,14H,1H3,(H,15,16)/t12-/m1/s1. The van der Waals surface area contributed by atoms with Gasteiger partial charge in [-0.2, -0.15) is 0 Å². The molecule has 0 amide bonds. The molecule has 1 atom stereocenters. The maximum absolute atomic E-state index is 11.3. The van der Waals surface area contributed by atoms with Gasteiger partial charge in [0.05, 0.1) is 0 Å². The quantitative estimate of drug-likeness (QED) is 0.871. The largest absolute Gasteiger partial charge is 0.479 e. The van der Waals surface area contributed by atoms with Crippen LogP contribution < -0.4 is 5.32 Å². The van der Waals surface area contributed by atoms with Crippen molar-refractivity contribution in [3.05, 3.63) is 52.2 Å². The molecule has 2 N–H and O–H groups in total. The molecule has 4 heteroatoms. The van der Waals surface area contributed by atoms with E-state index in [4.69, 9.17) is 0 Å².